The van der Waals surface area contributed by atoms with Crippen molar-refractivity contribution in [2.24, 2.45) is 47.3 Å². The predicted octanol–water partition coefficient (Wildman–Crippen LogP) is 0.984. The fourth-order valence-electron chi connectivity index (χ4n) is 5.10. The summed E-state index contributed by atoms with van der Waals surface area (Å²) in [5, 5.41) is 0. The van der Waals surface area contributed by atoms with Crippen LogP contribution < -0.4 is 0 Å². The molecule has 0 nitrogen and oxygen atoms in total. The van der Waals surface area contributed by atoms with Crippen molar-refractivity contribution in [3.8, 4) is 0 Å². The van der Waals surface area contributed by atoms with Gasteiger partial charge in [0.15, 0.2) is 0 Å². The first-order chi connectivity index (χ1) is 4.00. The summed E-state index contributed by atoms with van der Waals surface area (Å²) in [4.78, 5) is 0. The van der Waals surface area contributed by atoms with Crippen LogP contribution in [0.2, 0.25) is 0 Å². The summed E-state index contributed by atoms with van der Waals surface area (Å²) < 4.78 is 0. The third-order valence-electron chi connectivity index (χ3n) is 5.05. The molecular formula is C8H8. The van der Waals surface area contributed by atoms with Crippen molar-refractivity contribution in [1.82, 2.24) is 0 Å². The van der Waals surface area contributed by atoms with E-state index in [1.165, 1.54) is 47.3 Å². The Balaban J connectivity index is 2.09. The van der Waals surface area contributed by atoms with Crippen LogP contribution in [0, 0.1) is 47.3 Å². The van der Waals surface area contributed by atoms with Crippen LogP contribution in [0.15, 0.2) is 0 Å². The molecule has 0 aromatic rings. The molecule has 6 aliphatic rings. The largest absolute Gasteiger partial charge is 0.0312 e. The minimum atomic E-state index is 1.33. The lowest BCUT2D eigenvalue weighted by molar-refractivity contribution is 0.0202. The van der Waals surface area contributed by atoms with Gasteiger partial charge in [0.1, 0.15) is 0 Å². The highest BCUT2D eigenvalue weighted by molar-refractivity contribution is 5.44. The predicted molar refractivity (Wildman–Crippen MR) is 27.9 cm³/mol. The van der Waals surface area contributed by atoms with Gasteiger partial charge >= 0.3 is 0 Å². The molecule has 0 radical (unpaired) electrons. The molecule has 0 amide bonds. The van der Waals surface area contributed by atoms with E-state index in [2.05, 4.69) is 0 Å². The number of rotatable bonds is 0. The molecule has 0 saturated heterocycles. The van der Waals surface area contributed by atoms with Crippen LogP contribution in [0.25, 0.3) is 0 Å². The Hall–Kier alpha value is 0. The normalized spacial score (nSPS) is 108. The summed E-state index contributed by atoms with van der Waals surface area (Å²) in [6, 6.07) is 0. The Morgan fingerprint density at radius 2 is 0.375 bits per heavy atom. The van der Waals surface area contributed by atoms with E-state index in [0.717, 1.165) is 0 Å². The fraction of sp³-hybridized carbons (Fsp3) is 1.00. The highest BCUT2D eigenvalue weighted by Crippen LogP contribution is 3.00. The average molecular weight is 104 g/mol. The van der Waals surface area contributed by atoms with Crippen molar-refractivity contribution < 1.29 is 0 Å². The SMILES string of the molecule is C12C3C1C1C4C1C3C24. The number of hydrogen-bond acceptors (Lipinski definition) is 0. The van der Waals surface area contributed by atoms with E-state index in [1.807, 2.05) is 0 Å². The lowest BCUT2D eigenvalue weighted by atomic mass is 9.60. The van der Waals surface area contributed by atoms with E-state index < -0.39 is 0 Å². The van der Waals surface area contributed by atoms with Crippen molar-refractivity contribution in [3.05, 3.63) is 0 Å². The van der Waals surface area contributed by atoms with E-state index >= 15 is 0 Å². The molecular weight excluding hydrogens is 96.1 g/mol. The third kappa shape index (κ3) is 0.0775. The minimum absolute atomic E-state index is 1.33. The highest BCUT2D eigenvalue weighted by Gasteiger charge is 2.97. The van der Waals surface area contributed by atoms with E-state index in [0.29, 0.717) is 0 Å². The first kappa shape index (κ1) is 2.72. The van der Waals surface area contributed by atoms with Gasteiger partial charge in [-0.2, -0.15) is 0 Å². The first-order valence-electron chi connectivity index (χ1n) is 4.00. The Morgan fingerprint density at radius 1 is 0.250 bits per heavy atom. The molecule has 8 heavy (non-hydrogen) atoms. The van der Waals surface area contributed by atoms with Crippen molar-refractivity contribution in [2.75, 3.05) is 0 Å². The zero-order chi connectivity index (χ0) is 4.62. The van der Waals surface area contributed by atoms with Crippen LogP contribution >= 0.6 is 0 Å². The summed E-state index contributed by atoms with van der Waals surface area (Å²) in [5.41, 5.74) is 0. The molecule has 0 heterocycles. The molecule has 6 aliphatic carbocycles. The maximum absolute atomic E-state index is 1.33. The minimum Gasteiger partial charge on any atom is -0.0312 e. The average Bonchev–Trinajstić information content (AvgIpc) is 2.53. The van der Waals surface area contributed by atoms with E-state index in [9.17, 15) is 0 Å². The van der Waals surface area contributed by atoms with Gasteiger partial charge in [-0.15, -0.1) is 0 Å². The molecule has 0 heteroatoms. The van der Waals surface area contributed by atoms with Gasteiger partial charge in [0, 0.05) is 0 Å². The van der Waals surface area contributed by atoms with Crippen LogP contribution in [0.4, 0.5) is 0 Å². The van der Waals surface area contributed by atoms with Crippen molar-refractivity contribution in [3.63, 3.8) is 0 Å². The van der Waals surface area contributed by atoms with Crippen LogP contribution in [0.3, 0.4) is 0 Å². The van der Waals surface area contributed by atoms with Gasteiger partial charge in [0.25, 0.3) is 0 Å². The summed E-state index contributed by atoms with van der Waals surface area (Å²) >= 11 is 0. The molecule has 0 spiro atoms. The summed E-state index contributed by atoms with van der Waals surface area (Å²) in [7, 11) is 0. The van der Waals surface area contributed by atoms with E-state index in [4.69, 9.17) is 0 Å². The topological polar surface area (TPSA) is 0 Å². The van der Waals surface area contributed by atoms with Gasteiger partial charge in [-0.05, 0) is 47.3 Å². The fourth-order valence-corrected chi connectivity index (χ4v) is 5.10. The van der Waals surface area contributed by atoms with Crippen molar-refractivity contribution >= 4 is 0 Å². The van der Waals surface area contributed by atoms with Crippen LogP contribution in [0.1, 0.15) is 0 Å². The lowest BCUT2D eigenvalue weighted by Crippen LogP contribution is -2.41. The molecule has 0 N–H and O–H groups in total. The van der Waals surface area contributed by atoms with Gasteiger partial charge in [-0.1, -0.05) is 0 Å². The maximum Gasteiger partial charge on any atom is -0.0312 e. The van der Waals surface area contributed by atoms with Crippen LogP contribution in [-0.2, 0) is 0 Å². The summed E-state index contributed by atoms with van der Waals surface area (Å²) in [5.74, 6) is 10.7. The van der Waals surface area contributed by atoms with Crippen LogP contribution in [0.5, 0.6) is 0 Å². The van der Waals surface area contributed by atoms with E-state index in [1.54, 1.807) is 0 Å². The summed E-state index contributed by atoms with van der Waals surface area (Å²) in [6.07, 6.45) is 0. The molecule has 0 bridgehead atoms. The standard InChI is InChI=1S/C8H8/c1-2-5(1)6-3-4(6)8(2)7(1)3/h1-8H. The maximum atomic E-state index is 1.33. The third-order valence-corrected chi connectivity index (χ3v) is 5.05. The van der Waals surface area contributed by atoms with Gasteiger partial charge in [-0.3, -0.25) is 0 Å². The number of hydrogen-bond donors (Lipinski definition) is 0. The monoisotopic (exact) mass is 104 g/mol. The first-order valence-corrected chi connectivity index (χ1v) is 4.00. The van der Waals surface area contributed by atoms with Crippen molar-refractivity contribution in [2.45, 2.75) is 0 Å². The lowest BCUT2D eigenvalue weighted by Gasteiger charge is -2.44. The smallest absolute Gasteiger partial charge is 0.0312 e. The second-order valence-corrected chi connectivity index (χ2v) is 4.62. The molecule has 0 atom stereocenters. The summed E-state index contributed by atoms with van der Waals surface area (Å²) in [6.45, 7) is 0. The highest BCUT2D eigenvalue weighted by atomic mass is 15.0. The molecule has 0 aromatic carbocycles. The zero-order valence-corrected chi connectivity index (χ0v) is 4.62. The van der Waals surface area contributed by atoms with Crippen molar-refractivity contribution in [1.29, 1.82) is 0 Å². The molecule has 0 aromatic heterocycles. The van der Waals surface area contributed by atoms with E-state index in [-0.39, 0.29) is 0 Å². The van der Waals surface area contributed by atoms with Gasteiger partial charge in [0.05, 0.1) is 0 Å². The molecule has 40 valence electrons. The molecule has 0 unspecified atom stereocenters. The molecule has 6 rings (SSSR count). The molecule has 6 saturated carbocycles. The zero-order valence-electron chi connectivity index (χ0n) is 4.62. The Labute approximate surface area is 48.3 Å². The second kappa shape index (κ2) is 0.438. The Morgan fingerprint density at radius 3 is 0.500 bits per heavy atom. The van der Waals surface area contributed by atoms with Gasteiger partial charge < -0.3 is 0 Å². The molecule has 6 fully saturated rings. The Bertz CT molecular complexity index is 156. The van der Waals surface area contributed by atoms with Gasteiger partial charge in [0.2, 0.25) is 0 Å². The van der Waals surface area contributed by atoms with Crippen LogP contribution in [-0.4, -0.2) is 0 Å². The quantitative estimate of drug-likeness (QED) is 0.430. The Kier molecular flexibility index (Phi) is 0.149. The van der Waals surface area contributed by atoms with Gasteiger partial charge in [-0.25, -0.2) is 0 Å². The molecule has 0 aliphatic heterocycles. The second-order valence-electron chi connectivity index (χ2n) is 4.62.